The van der Waals surface area contributed by atoms with Gasteiger partial charge in [-0.05, 0) is 34.7 Å². The van der Waals surface area contributed by atoms with Gasteiger partial charge in [-0.2, -0.15) is 0 Å². The van der Waals surface area contributed by atoms with Gasteiger partial charge < -0.3 is 4.98 Å². The zero-order chi connectivity index (χ0) is 16.0. The molecule has 23 heavy (non-hydrogen) atoms. The summed E-state index contributed by atoms with van der Waals surface area (Å²) >= 11 is 0. The summed E-state index contributed by atoms with van der Waals surface area (Å²) in [6, 6.07) is 23.9. The fourth-order valence-electron chi connectivity index (χ4n) is 3.23. The van der Waals surface area contributed by atoms with Crippen molar-refractivity contribution in [3.05, 3.63) is 72.3 Å². The van der Waals surface area contributed by atoms with Crippen LogP contribution in [0.25, 0.3) is 32.9 Å². The number of aromatic nitrogens is 1. The van der Waals surface area contributed by atoms with Gasteiger partial charge in [0, 0.05) is 21.9 Å². The Labute approximate surface area is 137 Å². The number of hydrogen-bond acceptors (Lipinski definition) is 0. The van der Waals surface area contributed by atoms with E-state index in [2.05, 4.69) is 92.5 Å². The van der Waals surface area contributed by atoms with E-state index in [9.17, 15) is 0 Å². The van der Waals surface area contributed by atoms with E-state index in [1.165, 1.54) is 38.5 Å². The number of fused-ring (bicyclic) bond motifs is 3. The van der Waals surface area contributed by atoms with Crippen LogP contribution in [-0.2, 0) is 5.41 Å². The van der Waals surface area contributed by atoms with Crippen LogP contribution in [0.5, 0.6) is 0 Å². The average molecular weight is 299 g/mol. The summed E-state index contributed by atoms with van der Waals surface area (Å²) in [5.41, 5.74) is 6.46. The van der Waals surface area contributed by atoms with Crippen molar-refractivity contribution in [2.75, 3.05) is 0 Å². The summed E-state index contributed by atoms with van der Waals surface area (Å²) in [6.45, 7) is 6.83. The van der Waals surface area contributed by atoms with Crippen LogP contribution in [0.2, 0.25) is 0 Å². The van der Waals surface area contributed by atoms with Gasteiger partial charge in [0.05, 0.1) is 5.52 Å². The van der Waals surface area contributed by atoms with Crippen molar-refractivity contribution in [3.63, 3.8) is 0 Å². The SMILES string of the molecule is CC(C)(C)c1cc(-c2ccccc2)c2[nH]c3ccccc3c2c1. The van der Waals surface area contributed by atoms with E-state index in [0.717, 1.165) is 0 Å². The molecule has 1 heterocycles. The van der Waals surface area contributed by atoms with Crippen molar-refractivity contribution in [2.45, 2.75) is 26.2 Å². The van der Waals surface area contributed by atoms with E-state index in [-0.39, 0.29) is 5.41 Å². The molecule has 0 aliphatic heterocycles. The molecule has 4 rings (SSSR count). The van der Waals surface area contributed by atoms with Crippen molar-refractivity contribution in [3.8, 4) is 11.1 Å². The van der Waals surface area contributed by atoms with Crippen LogP contribution in [0.3, 0.4) is 0 Å². The van der Waals surface area contributed by atoms with Crippen LogP contribution in [0, 0.1) is 0 Å². The van der Waals surface area contributed by atoms with Gasteiger partial charge in [0.15, 0.2) is 0 Å². The van der Waals surface area contributed by atoms with Gasteiger partial charge in [-0.3, -0.25) is 0 Å². The molecule has 0 radical (unpaired) electrons. The molecule has 0 fully saturated rings. The maximum Gasteiger partial charge on any atom is 0.0544 e. The molecule has 0 aliphatic carbocycles. The predicted molar refractivity (Wildman–Crippen MR) is 99.9 cm³/mol. The van der Waals surface area contributed by atoms with Gasteiger partial charge in [0.1, 0.15) is 0 Å². The highest BCUT2D eigenvalue weighted by Crippen LogP contribution is 2.37. The van der Waals surface area contributed by atoms with Crippen LogP contribution < -0.4 is 0 Å². The molecular formula is C22H21N. The molecule has 0 spiro atoms. The van der Waals surface area contributed by atoms with Crippen molar-refractivity contribution < 1.29 is 0 Å². The Morgan fingerprint density at radius 1 is 0.739 bits per heavy atom. The lowest BCUT2D eigenvalue weighted by molar-refractivity contribution is 0.591. The van der Waals surface area contributed by atoms with Crippen molar-refractivity contribution in [2.24, 2.45) is 0 Å². The maximum absolute atomic E-state index is 3.62. The largest absolute Gasteiger partial charge is 0.354 e. The number of benzene rings is 3. The molecule has 0 amide bonds. The quantitative estimate of drug-likeness (QED) is 0.425. The highest BCUT2D eigenvalue weighted by atomic mass is 14.7. The van der Waals surface area contributed by atoms with Crippen molar-refractivity contribution in [1.82, 2.24) is 4.98 Å². The maximum atomic E-state index is 3.62. The van der Waals surface area contributed by atoms with Gasteiger partial charge in [0.25, 0.3) is 0 Å². The zero-order valence-corrected chi connectivity index (χ0v) is 13.9. The molecule has 0 bridgehead atoms. The lowest BCUT2D eigenvalue weighted by atomic mass is 9.84. The minimum Gasteiger partial charge on any atom is -0.354 e. The average Bonchev–Trinajstić information content (AvgIpc) is 2.92. The predicted octanol–water partition coefficient (Wildman–Crippen LogP) is 6.29. The fraction of sp³-hybridized carbons (Fsp3) is 0.182. The number of nitrogens with one attached hydrogen (secondary N) is 1. The monoisotopic (exact) mass is 299 g/mol. The Balaban J connectivity index is 2.15. The third-order valence-electron chi connectivity index (χ3n) is 4.57. The Bertz CT molecular complexity index is 985. The lowest BCUT2D eigenvalue weighted by Gasteiger charge is -2.21. The normalized spacial score (nSPS) is 12.1. The molecule has 0 saturated heterocycles. The molecule has 0 saturated carbocycles. The summed E-state index contributed by atoms with van der Waals surface area (Å²) in [5, 5.41) is 2.61. The Kier molecular flexibility index (Phi) is 3.05. The van der Waals surface area contributed by atoms with Crippen LogP contribution in [0.4, 0.5) is 0 Å². The first-order chi connectivity index (χ1) is 11.0. The van der Waals surface area contributed by atoms with Gasteiger partial charge in [-0.1, -0.05) is 69.3 Å². The van der Waals surface area contributed by atoms with E-state index >= 15 is 0 Å². The van der Waals surface area contributed by atoms with E-state index in [4.69, 9.17) is 0 Å². The van der Waals surface area contributed by atoms with Crippen molar-refractivity contribution in [1.29, 1.82) is 0 Å². The van der Waals surface area contributed by atoms with Gasteiger partial charge in [-0.15, -0.1) is 0 Å². The minimum atomic E-state index is 0.121. The number of aromatic amines is 1. The molecule has 3 aromatic carbocycles. The molecule has 0 unspecified atom stereocenters. The Hall–Kier alpha value is -2.54. The molecule has 1 nitrogen and oxygen atoms in total. The summed E-state index contributed by atoms with van der Waals surface area (Å²) < 4.78 is 0. The minimum absolute atomic E-state index is 0.121. The van der Waals surface area contributed by atoms with Crippen LogP contribution in [0.1, 0.15) is 26.3 Å². The summed E-state index contributed by atoms with van der Waals surface area (Å²) in [5.74, 6) is 0. The first kappa shape index (κ1) is 14.1. The highest BCUT2D eigenvalue weighted by molar-refractivity contribution is 6.12. The second kappa shape index (κ2) is 4.99. The van der Waals surface area contributed by atoms with E-state index in [0.29, 0.717) is 0 Å². The topological polar surface area (TPSA) is 15.8 Å². The smallest absolute Gasteiger partial charge is 0.0544 e. The third kappa shape index (κ3) is 2.33. The molecule has 114 valence electrons. The molecule has 4 aromatic rings. The Morgan fingerprint density at radius 2 is 1.43 bits per heavy atom. The highest BCUT2D eigenvalue weighted by Gasteiger charge is 2.18. The molecule has 0 aliphatic rings. The van der Waals surface area contributed by atoms with E-state index in [1.807, 2.05) is 0 Å². The standard InChI is InChI=1S/C22H21N/c1-22(2,3)16-13-18(15-9-5-4-6-10-15)21-19(14-16)17-11-7-8-12-20(17)23-21/h4-14,23H,1-3H3. The second-order valence-corrected chi connectivity index (χ2v) is 7.23. The molecule has 1 aromatic heterocycles. The third-order valence-corrected chi connectivity index (χ3v) is 4.57. The van der Waals surface area contributed by atoms with Gasteiger partial charge >= 0.3 is 0 Å². The zero-order valence-electron chi connectivity index (χ0n) is 13.9. The molecular weight excluding hydrogens is 278 g/mol. The summed E-state index contributed by atoms with van der Waals surface area (Å²) in [6.07, 6.45) is 0. The first-order valence-corrected chi connectivity index (χ1v) is 8.14. The number of rotatable bonds is 1. The Morgan fingerprint density at radius 3 is 2.17 bits per heavy atom. The van der Waals surface area contributed by atoms with Crippen molar-refractivity contribution >= 4 is 21.8 Å². The number of H-pyrrole nitrogens is 1. The van der Waals surface area contributed by atoms with E-state index in [1.54, 1.807) is 0 Å². The van der Waals surface area contributed by atoms with Crippen LogP contribution in [0.15, 0.2) is 66.7 Å². The van der Waals surface area contributed by atoms with Gasteiger partial charge in [-0.25, -0.2) is 0 Å². The molecule has 1 heteroatoms. The van der Waals surface area contributed by atoms with Gasteiger partial charge in [0.2, 0.25) is 0 Å². The fourth-order valence-corrected chi connectivity index (χ4v) is 3.23. The molecule has 0 atom stereocenters. The number of hydrogen-bond donors (Lipinski definition) is 1. The lowest BCUT2D eigenvalue weighted by Crippen LogP contribution is -2.11. The first-order valence-electron chi connectivity index (χ1n) is 8.14. The molecule has 1 N–H and O–H groups in total. The van der Waals surface area contributed by atoms with E-state index < -0.39 is 0 Å². The number of para-hydroxylation sites is 1. The summed E-state index contributed by atoms with van der Waals surface area (Å²) in [4.78, 5) is 3.62. The summed E-state index contributed by atoms with van der Waals surface area (Å²) in [7, 11) is 0. The van der Waals surface area contributed by atoms with Crippen LogP contribution >= 0.6 is 0 Å². The van der Waals surface area contributed by atoms with Crippen LogP contribution in [-0.4, -0.2) is 4.98 Å². The second-order valence-electron chi connectivity index (χ2n) is 7.23.